The minimum atomic E-state index is -0.472. The van der Waals surface area contributed by atoms with Gasteiger partial charge in [0.25, 0.3) is 5.91 Å². The van der Waals surface area contributed by atoms with Crippen LogP contribution < -0.4 is 20.9 Å². The van der Waals surface area contributed by atoms with Gasteiger partial charge in [-0.15, -0.1) is 0 Å². The Morgan fingerprint density at radius 3 is 2.73 bits per heavy atom. The Morgan fingerprint density at radius 1 is 1.13 bits per heavy atom. The number of ether oxygens (including phenoxy) is 1. The lowest BCUT2D eigenvalue weighted by molar-refractivity contribution is -0.123. The van der Waals surface area contributed by atoms with E-state index in [2.05, 4.69) is 48.0 Å². The number of hydrazine groups is 1. The van der Waals surface area contributed by atoms with Crippen molar-refractivity contribution in [1.29, 1.82) is 0 Å². The average molecular weight is 553 g/mol. The minimum absolute atomic E-state index is 0.0603. The van der Waals surface area contributed by atoms with E-state index in [-0.39, 0.29) is 11.7 Å². The molecule has 0 bridgehead atoms. The van der Waals surface area contributed by atoms with Crippen molar-refractivity contribution in [2.24, 2.45) is 0 Å². The van der Waals surface area contributed by atoms with Gasteiger partial charge in [0.1, 0.15) is 11.5 Å². The predicted octanol–water partition coefficient (Wildman–Crippen LogP) is 4.07. The summed E-state index contributed by atoms with van der Waals surface area (Å²) >= 11 is 11.9. The molecule has 3 aromatic rings. The van der Waals surface area contributed by atoms with Gasteiger partial charge in [0.05, 0.1) is 10.7 Å². The highest BCUT2D eigenvalue weighted by Crippen LogP contribution is 2.34. The van der Waals surface area contributed by atoms with Gasteiger partial charge in [0, 0.05) is 10.5 Å². The first kappa shape index (κ1) is 22.0. The zero-order valence-electron chi connectivity index (χ0n) is 15.3. The van der Waals surface area contributed by atoms with Crippen molar-refractivity contribution in [3.63, 3.8) is 0 Å². The van der Waals surface area contributed by atoms with Crippen LogP contribution in [-0.4, -0.2) is 23.5 Å². The molecule has 0 aliphatic carbocycles. The zero-order chi connectivity index (χ0) is 21.5. The molecule has 30 heavy (non-hydrogen) atoms. The van der Waals surface area contributed by atoms with Crippen LogP contribution >= 0.6 is 44.1 Å². The Kier molecular flexibility index (Phi) is 7.61. The van der Waals surface area contributed by atoms with Gasteiger partial charge in [-0.05, 0) is 75.3 Å². The molecule has 2 amide bonds. The SMILES string of the molecule is O=C(/C=C/c1ccco1)NC(=S)NNC(=O)COc1ccc2cc(Br)ccc2c1Br. The van der Waals surface area contributed by atoms with Crippen LogP contribution in [0.4, 0.5) is 0 Å². The summed E-state index contributed by atoms with van der Waals surface area (Å²) in [6.45, 7) is -0.247. The molecule has 0 fully saturated rings. The van der Waals surface area contributed by atoms with E-state index in [4.69, 9.17) is 21.4 Å². The molecule has 0 saturated heterocycles. The number of benzene rings is 2. The van der Waals surface area contributed by atoms with E-state index in [0.29, 0.717) is 11.5 Å². The van der Waals surface area contributed by atoms with Gasteiger partial charge < -0.3 is 9.15 Å². The maximum Gasteiger partial charge on any atom is 0.276 e. The van der Waals surface area contributed by atoms with Crippen molar-refractivity contribution >= 4 is 77.9 Å². The second kappa shape index (κ2) is 10.4. The van der Waals surface area contributed by atoms with Crippen LogP contribution in [0.2, 0.25) is 0 Å². The Labute approximate surface area is 194 Å². The number of carbonyl (C=O) groups excluding carboxylic acids is 2. The highest BCUT2D eigenvalue weighted by Gasteiger charge is 2.10. The van der Waals surface area contributed by atoms with Crippen LogP contribution in [0, 0.1) is 0 Å². The zero-order valence-corrected chi connectivity index (χ0v) is 19.3. The van der Waals surface area contributed by atoms with Crippen LogP contribution in [0.15, 0.2) is 68.2 Å². The van der Waals surface area contributed by atoms with Crippen LogP contribution in [-0.2, 0) is 9.59 Å². The van der Waals surface area contributed by atoms with Crippen molar-refractivity contribution in [3.05, 3.63) is 69.5 Å². The van der Waals surface area contributed by atoms with Gasteiger partial charge in [-0.1, -0.05) is 28.1 Å². The number of thiocarbonyl (C=S) groups is 1. The fourth-order valence-corrected chi connectivity index (χ4v) is 3.53. The Bertz CT molecular complexity index is 1120. The highest BCUT2D eigenvalue weighted by atomic mass is 79.9. The number of amides is 2. The number of rotatable bonds is 5. The smallest absolute Gasteiger partial charge is 0.276 e. The average Bonchev–Trinajstić information content (AvgIpc) is 3.24. The van der Waals surface area contributed by atoms with Crippen LogP contribution in [0.5, 0.6) is 5.75 Å². The molecule has 3 N–H and O–H groups in total. The van der Waals surface area contributed by atoms with Crippen molar-refractivity contribution in [2.75, 3.05) is 6.61 Å². The molecule has 3 rings (SSSR count). The summed E-state index contributed by atoms with van der Waals surface area (Å²) in [6, 6.07) is 12.9. The number of halogens is 2. The quantitative estimate of drug-likeness (QED) is 0.251. The Morgan fingerprint density at radius 2 is 1.97 bits per heavy atom. The first-order valence-corrected chi connectivity index (χ1v) is 10.5. The summed E-state index contributed by atoms with van der Waals surface area (Å²) in [5.74, 6) is 0.113. The molecule has 0 atom stereocenters. The van der Waals surface area contributed by atoms with Crippen molar-refractivity contribution < 1.29 is 18.7 Å². The number of fused-ring (bicyclic) bond motifs is 1. The Balaban J connectivity index is 1.45. The molecular formula is C20H15Br2N3O4S. The van der Waals surface area contributed by atoms with E-state index in [1.54, 1.807) is 18.2 Å². The van der Waals surface area contributed by atoms with E-state index in [0.717, 1.165) is 19.7 Å². The molecule has 10 heteroatoms. The molecule has 0 spiro atoms. The standard InChI is InChI=1S/C20H15Br2N3O4S/c21-13-4-6-15-12(10-13)3-7-16(19(15)22)29-11-18(27)24-25-20(30)23-17(26)8-5-14-2-1-9-28-14/h1-10H,11H2,(H,24,27)(H2,23,25,26,30)/b8-5+. The molecule has 0 radical (unpaired) electrons. The molecule has 154 valence electrons. The minimum Gasteiger partial charge on any atom is -0.483 e. The largest absolute Gasteiger partial charge is 0.483 e. The van der Waals surface area contributed by atoms with Gasteiger partial charge in [-0.25, -0.2) is 0 Å². The molecule has 1 heterocycles. The van der Waals surface area contributed by atoms with Gasteiger partial charge >= 0.3 is 0 Å². The maximum absolute atomic E-state index is 12.0. The third-order valence-corrected chi connectivity index (χ3v) is 5.25. The topological polar surface area (TPSA) is 92.6 Å². The van der Waals surface area contributed by atoms with E-state index >= 15 is 0 Å². The van der Waals surface area contributed by atoms with E-state index in [1.807, 2.05) is 24.3 Å². The number of hydrogen-bond acceptors (Lipinski definition) is 5. The van der Waals surface area contributed by atoms with E-state index < -0.39 is 11.8 Å². The van der Waals surface area contributed by atoms with Gasteiger partial charge in [0.15, 0.2) is 11.7 Å². The van der Waals surface area contributed by atoms with E-state index in [1.165, 1.54) is 18.4 Å². The molecule has 0 aliphatic rings. The van der Waals surface area contributed by atoms with E-state index in [9.17, 15) is 9.59 Å². The maximum atomic E-state index is 12.0. The fraction of sp³-hybridized carbons (Fsp3) is 0.0500. The van der Waals surface area contributed by atoms with Crippen molar-refractivity contribution in [2.45, 2.75) is 0 Å². The summed E-state index contributed by atoms with van der Waals surface area (Å²) in [7, 11) is 0. The van der Waals surface area contributed by atoms with Gasteiger partial charge in [-0.2, -0.15) is 0 Å². The van der Waals surface area contributed by atoms with Crippen LogP contribution in [0.25, 0.3) is 16.8 Å². The molecular weight excluding hydrogens is 538 g/mol. The van der Waals surface area contributed by atoms with Crippen molar-refractivity contribution in [3.8, 4) is 5.75 Å². The lowest BCUT2D eigenvalue weighted by atomic mass is 10.1. The summed E-state index contributed by atoms with van der Waals surface area (Å²) in [5, 5.41) is 4.31. The summed E-state index contributed by atoms with van der Waals surface area (Å²) in [6.07, 6.45) is 4.24. The van der Waals surface area contributed by atoms with Gasteiger partial charge in [-0.3, -0.25) is 25.8 Å². The molecule has 1 aromatic heterocycles. The van der Waals surface area contributed by atoms with Crippen molar-refractivity contribution in [1.82, 2.24) is 16.2 Å². The molecule has 0 saturated carbocycles. The third kappa shape index (κ3) is 6.15. The third-order valence-electron chi connectivity index (χ3n) is 3.73. The molecule has 7 nitrogen and oxygen atoms in total. The predicted molar refractivity (Wildman–Crippen MR) is 125 cm³/mol. The normalized spacial score (nSPS) is 10.7. The second-order valence-electron chi connectivity index (χ2n) is 5.87. The van der Waals surface area contributed by atoms with Gasteiger partial charge in [0.2, 0.25) is 5.91 Å². The summed E-state index contributed by atoms with van der Waals surface area (Å²) in [5.41, 5.74) is 4.80. The summed E-state index contributed by atoms with van der Waals surface area (Å²) < 4.78 is 12.4. The Hall–Kier alpha value is -2.69. The first-order chi connectivity index (χ1) is 14.4. The number of furan rings is 1. The summed E-state index contributed by atoms with van der Waals surface area (Å²) in [4.78, 5) is 23.7. The molecule has 0 aliphatic heterocycles. The number of nitrogens with one attached hydrogen (secondary N) is 3. The second-order valence-corrected chi connectivity index (χ2v) is 7.99. The van der Waals surface area contributed by atoms with Crippen LogP contribution in [0.1, 0.15) is 5.76 Å². The first-order valence-electron chi connectivity index (χ1n) is 8.54. The fourth-order valence-electron chi connectivity index (χ4n) is 2.39. The number of hydrogen-bond donors (Lipinski definition) is 3. The molecule has 2 aromatic carbocycles. The van der Waals surface area contributed by atoms with Crippen LogP contribution in [0.3, 0.4) is 0 Å². The lowest BCUT2D eigenvalue weighted by Crippen LogP contribution is -2.49. The highest BCUT2D eigenvalue weighted by molar-refractivity contribution is 9.11. The lowest BCUT2D eigenvalue weighted by Gasteiger charge is -2.12. The molecule has 0 unspecified atom stereocenters. The number of carbonyl (C=O) groups is 2. The monoisotopic (exact) mass is 551 g/mol.